The van der Waals surface area contributed by atoms with Gasteiger partial charge in [0.15, 0.2) is 0 Å². The molecule has 2 amide bonds. The first-order chi connectivity index (χ1) is 20.3. The number of nitrogens with zero attached hydrogens (tertiary/aromatic N) is 4. The van der Waals surface area contributed by atoms with Gasteiger partial charge in [-0.1, -0.05) is 24.3 Å². The van der Waals surface area contributed by atoms with Crippen LogP contribution in [0, 0.1) is 5.82 Å². The zero-order chi connectivity index (χ0) is 29.4. The van der Waals surface area contributed by atoms with Gasteiger partial charge >= 0.3 is 0 Å². The molecule has 3 saturated heterocycles. The van der Waals surface area contributed by atoms with Crippen molar-refractivity contribution in [1.82, 2.24) is 30.2 Å². The van der Waals surface area contributed by atoms with Crippen molar-refractivity contribution in [2.75, 3.05) is 52.1 Å². The fraction of sp³-hybridized carbons (Fsp3) is 0.433. The molecular weight excluding hydrogens is 539 g/mol. The van der Waals surface area contributed by atoms with Gasteiger partial charge in [0.1, 0.15) is 28.6 Å². The minimum atomic E-state index is -0.619. The first-order valence-electron chi connectivity index (χ1n) is 14.4. The Morgan fingerprint density at radius 1 is 1.05 bits per heavy atom. The number of methoxy groups -OCH3 is 1. The van der Waals surface area contributed by atoms with Crippen LogP contribution in [0.2, 0.25) is 0 Å². The molecule has 42 heavy (non-hydrogen) atoms. The van der Waals surface area contributed by atoms with Crippen molar-refractivity contribution in [3.63, 3.8) is 0 Å². The number of hydrogen-bond donors (Lipinski definition) is 4. The van der Waals surface area contributed by atoms with Crippen LogP contribution in [0.3, 0.4) is 0 Å². The minimum absolute atomic E-state index is 0.0920. The number of carbonyl (C=O) groups excluding carboxylic acids is 2. The van der Waals surface area contributed by atoms with Gasteiger partial charge in [-0.3, -0.25) is 19.4 Å². The largest absolute Gasteiger partial charge is 0.496 e. The highest BCUT2D eigenvalue weighted by molar-refractivity contribution is 6.03. The molecule has 12 heteroatoms. The summed E-state index contributed by atoms with van der Waals surface area (Å²) in [5.74, 6) is -1.00. The number of piperidine rings is 1. The molecule has 2 aromatic carbocycles. The Hall–Kier alpha value is -4.00. The molecule has 222 valence electrons. The van der Waals surface area contributed by atoms with E-state index in [0.29, 0.717) is 34.9 Å². The van der Waals surface area contributed by atoms with Crippen LogP contribution in [0.15, 0.2) is 42.5 Å². The summed E-state index contributed by atoms with van der Waals surface area (Å²) in [4.78, 5) is 30.2. The molecule has 3 aromatic rings. The Balaban J connectivity index is 1.10. The topological polar surface area (TPSA) is 144 Å². The molecule has 0 saturated carbocycles. The van der Waals surface area contributed by atoms with Crippen molar-refractivity contribution in [3.8, 4) is 17.0 Å². The fourth-order valence-corrected chi connectivity index (χ4v) is 6.13. The van der Waals surface area contributed by atoms with Crippen molar-refractivity contribution in [2.24, 2.45) is 5.73 Å². The fourth-order valence-electron chi connectivity index (χ4n) is 6.13. The van der Waals surface area contributed by atoms with E-state index in [4.69, 9.17) is 21.3 Å². The Bertz CT molecular complexity index is 1460. The number of nitrogens with two attached hydrogens (primary N) is 2. The zero-order valence-corrected chi connectivity index (χ0v) is 23.7. The Morgan fingerprint density at radius 3 is 2.38 bits per heavy atom. The standard InChI is InChI=1S/C30H37FN8O3/c1-42-25-7-6-20(31)12-24(25)30(41)35-13-18-2-4-19(5-3-18)27-26(29(33)40)28(32)39(36-27)21-8-10-37(11-9-21)23-16-38(17-23)22-14-34-15-22/h2-7,12,21-23,34H,8-11,13-17,32H2,1H3,(H2,33,40)(H,35,41). The SMILES string of the molecule is COc1ccc(F)cc1C(=O)NCc1ccc(-c2nn(C3CCN(C4CN(C5CNC5)C4)CC3)c(N)c2C(N)=O)cc1. The van der Waals surface area contributed by atoms with Gasteiger partial charge < -0.3 is 26.8 Å². The molecular formula is C30H37FN8O3. The number of hydrogen-bond acceptors (Lipinski definition) is 8. The number of rotatable bonds is 9. The quantitative estimate of drug-likeness (QED) is 0.301. The molecule has 0 atom stereocenters. The van der Waals surface area contributed by atoms with E-state index in [1.165, 1.54) is 19.2 Å². The van der Waals surface area contributed by atoms with Crippen LogP contribution < -0.4 is 26.8 Å². The number of nitrogens with one attached hydrogen (secondary N) is 2. The summed E-state index contributed by atoms with van der Waals surface area (Å²) in [7, 11) is 1.43. The van der Waals surface area contributed by atoms with E-state index in [1.807, 2.05) is 24.3 Å². The van der Waals surface area contributed by atoms with Gasteiger partial charge in [0, 0.05) is 63.5 Å². The maximum absolute atomic E-state index is 13.7. The lowest BCUT2D eigenvalue weighted by Gasteiger charge is -2.52. The average Bonchev–Trinajstić information content (AvgIpc) is 3.30. The number of carbonyl (C=O) groups is 2. The molecule has 0 aliphatic carbocycles. The molecule has 4 heterocycles. The molecule has 1 aromatic heterocycles. The summed E-state index contributed by atoms with van der Waals surface area (Å²) in [5.41, 5.74) is 14.5. The third-order valence-corrected chi connectivity index (χ3v) is 8.81. The molecule has 6 rings (SSSR count). The van der Waals surface area contributed by atoms with Gasteiger partial charge in [-0.2, -0.15) is 5.10 Å². The number of halogens is 1. The predicted octanol–water partition coefficient (Wildman–Crippen LogP) is 1.60. The Morgan fingerprint density at radius 2 is 1.76 bits per heavy atom. The molecule has 0 unspecified atom stereocenters. The Kier molecular flexibility index (Phi) is 7.84. The number of primary amides is 1. The third-order valence-electron chi connectivity index (χ3n) is 8.81. The number of ether oxygens (including phenoxy) is 1. The Labute approximate surface area is 244 Å². The number of benzene rings is 2. The van der Waals surface area contributed by atoms with Gasteiger partial charge in [0.25, 0.3) is 11.8 Å². The van der Waals surface area contributed by atoms with Gasteiger partial charge in [0.2, 0.25) is 0 Å². The molecule has 3 fully saturated rings. The second-order valence-corrected chi connectivity index (χ2v) is 11.3. The number of likely N-dealkylation sites (tertiary alicyclic amines) is 2. The highest BCUT2D eigenvalue weighted by Gasteiger charge is 2.39. The molecule has 0 spiro atoms. The first kappa shape index (κ1) is 28.1. The normalized spacial score (nSPS) is 18.8. The van der Waals surface area contributed by atoms with Crippen LogP contribution in [-0.2, 0) is 6.54 Å². The van der Waals surface area contributed by atoms with E-state index < -0.39 is 17.6 Å². The minimum Gasteiger partial charge on any atom is -0.496 e. The lowest BCUT2D eigenvalue weighted by atomic mass is 9.97. The molecule has 3 aliphatic heterocycles. The van der Waals surface area contributed by atoms with Crippen molar-refractivity contribution in [1.29, 1.82) is 0 Å². The smallest absolute Gasteiger partial charge is 0.255 e. The predicted molar refractivity (Wildman–Crippen MR) is 157 cm³/mol. The maximum atomic E-state index is 13.7. The van der Waals surface area contributed by atoms with E-state index in [1.54, 1.807) is 4.68 Å². The van der Waals surface area contributed by atoms with Crippen LogP contribution in [0.25, 0.3) is 11.3 Å². The van der Waals surface area contributed by atoms with E-state index in [-0.39, 0.29) is 23.7 Å². The molecule has 0 bridgehead atoms. The highest BCUT2D eigenvalue weighted by Crippen LogP contribution is 2.34. The van der Waals surface area contributed by atoms with Gasteiger partial charge in [0.05, 0.1) is 18.7 Å². The van der Waals surface area contributed by atoms with E-state index in [2.05, 4.69) is 20.4 Å². The van der Waals surface area contributed by atoms with E-state index >= 15 is 0 Å². The second kappa shape index (κ2) is 11.7. The summed E-state index contributed by atoms with van der Waals surface area (Å²) in [5, 5.41) is 10.9. The van der Waals surface area contributed by atoms with E-state index in [0.717, 1.165) is 63.7 Å². The number of nitrogen functional groups attached to an aromatic ring is 1. The highest BCUT2D eigenvalue weighted by atomic mass is 19.1. The van der Waals surface area contributed by atoms with Gasteiger partial charge in [-0.05, 0) is 36.6 Å². The van der Waals surface area contributed by atoms with Crippen molar-refractivity contribution in [3.05, 3.63) is 65.0 Å². The maximum Gasteiger partial charge on any atom is 0.255 e. The number of amides is 2. The molecule has 6 N–H and O–H groups in total. The van der Waals surface area contributed by atoms with Crippen LogP contribution in [-0.4, -0.2) is 89.9 Å². The molecule has 11 nitrogen and oxygen atoms in total. The van der Waals surface area contributed by atoms with Crippen LogP contribution >= 0.6 is 0 Å². The second-order valence-electron chi connectivity index (χ2n) is 11.3. The summed E-state index contributed by atoms with van der Waals surface area (Å²) < 4.78 is 20.6. The summed E-state index contributed by atoms with van der Waals surface area (Å²) >= 11 is 0. The first-order valence-corrected chi connectivity index (χ1v) is 14.4. The van der Waals surface area contributed by atoms with E-state index in [9.17, 15) is 14.0 Å². The monoisotopic (exact) mass is 576 g/mol. The zero-order valence-electron chi connectivity index (χ0n) is 23.7. The van der Waals surface area contributed by atoms with Crippen molar-refractivity contribution in [2.45, 2.75) is 37.5 Å². The number of anilines is 1. The lowest BCUT2D eigenvalue weighted by molar-refractivity contribution is -0.0218. The van der Waals surface area contributed by atoms with Crippen molar-refractivity contribution >= 4 is 17.6 Å². The van der Waals surface area contributed by atoms with Crippen LogP contribution in [0.4, 0.5) is 10.2 Å². The molecule has 0 radical (unpaired) electrons. The summed E-state index contributed by atoms with van der Waals surface area (Å²) in [6, 6.07) is 12.5. The van der Waals surface area contributed by atoms with Gasteiger partial charge in [-0.15, -0.1) is 0 Å². The molecule has 3 aliphatic rings. The van der Waals surface area contributed by atoms with Crippen LogP contribution in [0.1, 0.15) is 45.2 Å². The average molecular weight is 577 g/mol. The van der Waals surface area contributed by atoms with Gasteiger partial charge in [-0.25, -0.2) is 9.07 Å². The summed E-state index contributed by atoms with van der Waals surface area (Å²) in [6.07, 6.45) is 1.81. The number of aromatic nitrogens is 2. The third kappa shape index (κ3) is 5.44. The lowest BCUT2D eigenvalue weighted by Crippen LogP contribution is -2.69. The van der Waals surface area contributed by atoms with Crippen molar-refractivity contribution < 1.29 is 18.7 Å². The summed E-state index contributed by atoms with van der Waals surface area (Å²) in [6.45, 7) is 6.62. The van der Waals surface area contributed by atoms with Crippen LogP contribution in [0.5, 0.6) is 5.75 Å².